The fourth-order valence-corrected chi connectivity index (χ4v) is 7.25. The summed E-state index contributed by atoms with van der Waals surface area (Å²) in [6, 6.07) is 0. The van der Waals surface area contributed by atoms with Crippen molar-refractivity contribution in [3.8, 4) is 0 Å². The zero-order valence-electron chi connectivity index (χ0n) is 18.2. The van der Waals surface area contributed by atoms with E-state index in [9.17, 15) is 14.0 Å². The van der Waals surface area contributed by atoms with Crippen molar-refractivity contribution < 1.29 is 47.1 Å². The van der Waals surface area contributed by atoms with Gasteiger partial charge < -0.3 is 33.2 Å². The van der Waals surface area contributed by atoms with Gasteiger partial charge in [0, 0.05) is 18.4 Å². The summed E-state index contributed by atoms with van der Waals surface area (Å²) in [6.45, 7) is 2.92. The maximum Gasteiger partial charge on any atom is 0.338 e. The Morgan fingerprint density at radius 3 is 2.59 bits per heavy atom. The van der Waals surface area contributed by atoms with Crippen LogP contribution in [0.4, 0.5) is 4.39 Å². The molecule has 7 rings (SSSR count). The van der Waals surface area contributed by atoms with Crippen LogP contribution >= 0.6 is 0 Å². The van der Waals surface area contributed by atoms with Crippen LogP contribution in [-0.4, -0.2) is 73.6 Å². The smallest absolute Gasteiger partial charge is 0.338 e. The van der Waals surface area contributed by atoms with E-state index < -0.39 is 67.0 Å². The van der Waals surface area contributed by atoms with E-state index in [0.29, 0.717) is 25.4 Å². The monoisotopic (exact) mass is 456 g/mol. The van der Waals surface area contributed by atoms with Crippen LogP contribution in [0.5, 0.6) is 0 Å². The summed E-state index contributed by atoms with van der Waals surface area (Å²) >= 11 is 0. The van der Waals surface area contributed by atoms with Gasteiger partial charge in [0.2, 0.25) is 0 Å². The summed E-state index contributed by atoms with van der Waals surface area (Å²) in [7, 11) is 0. The van der Waals surface area contributed by atoms with Gasteiger partial charge in [-0.05, 0) is 51.9 Å². The minimum Gasteiger partial charge on any atom is -0.457 e. The molecule has 10 heteroatoms. The molecule has 178 valence electrons. The van der Waals surface area contributed by atoms with Crippen molar-refractivity contribution in [2.45, 2.75) is 94.3 Å². The van der Waals surface area contributed by atoms with Gasteiger partial charge in [-0.3, -0.25) is 0 Å². The number of alkyl halides is 1. The van der Waals surface area contributed by atoms with E-state index in [2.05, 4.69) is 0 Å². The average molecular weight is 456 g/mol. The fraction of sp³-hybridized carbons (Fsp3) is 0.909. The van der Waals surface area contributed by atoms with Crippen molar-refractivity contribution in [1.29, 1.82) is 0 Å². The lowest BCUT2D eigenvalue weighted by atomic mass is 9.51. The lowest BCUT2D eigenvalue weighted by Gasteiger charge is -2.62. The molecule has 4 saturated carbocycles. The molecular weight excluding hydrogens is 427 g/mol. The fourth-order valence-electron chi connectivity index (χ4n) is 7.25. The first-order valence-corrected chi connectivity index (χ1v) is 11.6. The highest BCUT2D eigenvalue weighted by Crippen LogP contribution is 2.65. The topological polar surface area (TPSA) is 98.8 Å². The second-order valence-electron chi connectivity index (χ2n) is 10.0. The van der Waals surface area contributed by atoms with Gasteiger partial charge in [0.1, 0.15) is 11.7 Å². The quantitative estimate of drug-likeness (QED) is 0.436. The molecule has 4 aliphatic carbocycles. The maximum atomic E-state index is 12.8. The number of hydrogen-bond acceptors (Lipinski definition) is 9. The van der Waals surface area contributed by atoms with Gasteiger partial charge >= 0.3 is 11.9 Å². The number of hydrogen-bond donors (Lipinski definition) is 0. The minimum atomic E-state index is -1.11. The highest BCUT2D eigenvalue weighted by molar-refractivity contribution is 5.78. The first-order chi connectivity index (χ1) is 15.4. The molecule has 32 heavy (non-hydrogen) atoms. The molecule has 0 N–H and O–H groups in total. The maximum absolute atomic E-state index is 12.8. The van der Waals surface area contributed by atoms with Crippen LogP contribution in [0, 0.1) is 17.8 Å². The van der Waals surface area contributed by atoms with Crippen LogP contribution in [0.3, 0.4) is 0 Å². The number of rotatable bonds is 6. The summed E-state index contributed by atoms with van der Waals surface area (Å²) in [6.07, 6.45) is -0.161. The highest BCUT2D eigenvalue weighted by Gasteiger charge is 2.73. The molecule has 0 radical (unpaired) electrons. The Balaban J connectivity index is 1.18. The van der Waals surface area contributed by atoms with Gasteiger partial charge in [0.05, 0.1) is 0 Å². The predicted molar refractivity (Wildman–Crippen MR) is 102 cm³/mol. The third-order valence-corrected chi connectivity index (χ3v) is 8.06. The molecule has 1 spiro atoms. The molecule has 0 aromatic rings. The van der Waals surface area contributed by atoms with E-state index in [-0.39, 0.29) is 11.8 Å². The summed E-state index contributed by atoms with van der Waals surface area (Å²) in [5.74, 6) is -1.73. The van der Waals surface area contributed by atoms with Crippen molar-refractivity contribution in [1.82, 2.24) is 0 Å². The lowest BCUT2D eigenvalue weighted by Crippen LogP contribution is -2.65. The van der Waals surface area contributed by atoms with E-state index >= 15 is 0 Å². The number of esters is 2. The first-order valence-electron chi connectivity index (χ1n) is 11.6. The van der Waals surface area contributed by atoms with Gasteiger partial charge in [-0.15, -0.1) is 0 Å². The van der Waals surface area contributed by atoms with Gasteiger partial charge in [0.15, 0.2) is 43.4 Å². The number of fused-ring (bicyclic) bond motifs is 3. The molecule has 8 unspecified atom stereocenters. The third kappa shape index (κ3) is 2.99. The van der Waals surface area contributed by atoms with Gasteiger partial charge in [-0.1, -0.05) is 0 Å². The molecule has 4 bridgehead atoms. The van der Waals surface area contributed by atoms with E-state index in [1.54, 1.807) is 6.92 Å². The predicted octanol–water partition coefficient (Wildman–Crippen LogP) is 1.61. The van der Waals surface area contributed by atoms with Crippen molar-refractivity contribution >= 4 is 11.9 Å². The molecule has 3 aliphatic heterocycles. The summed E-state index contributed by atoms with van der Waals surface area (Å²) in [4.78, 5) is 24.2. The van der Waals surface area contributed by atoms with Crippen LogP contribution in [0.2, 0.25) is 0 Å². The minimum absolute atomic E-state index is 0.0101. The molecule has 8 atom stereocenters. The average Bonchev–Trinajstić information content (AvgIpc) is 3.35. The molecule has 7 fully saturated rings. The zero-order chi connectivity index (χ0) is 22.3. The molecule has 3 heterocycles. The molecule has 9 nitrogen and oxygen atoms in total. The normalized spacial score (nSPS) is 51.0. The Bertz CT molecular complexity index is 788. The van der Waals surface area contributed by atoms with Crippen molar-refractivity contribution in [3.63, 3.8) is 0 Å². The largest absolute Gasteiger partial charge is 0.457 e. The molecule has 7 aliphatic rings. The Morgan fingerprint density at radius 2 is 1.91 bits per heavy atom. The summed E-state index contributed by atoms with van der Waals surface area (Å²) in [5, 5.41) is 0. The standard InChI is InChI=1S/C22H29FO9/c1-3-26-10(2)27-17-15-16(28-19(17)25)18-20(29-15)32-22(31-18)12-4-11-5-13(22)8-21(6-11,7-12)30-14(24)9-23/h10-13,15-18,20H,3-9H2,1-2H3. The SMILES string of the molecule is CCOC(C)OC1C(=O)OC2C3OC4(OC3OC12)C1CC2CC4CC(OC(=O)CF)(C2)C1. The third-order valence-electron chi connectivity index (χ3n) is 8.06. The van der Waals surface area contributed by atoms with Crippen molar-refractivity contribution in [2.75, 3.05) is 13.3 Å². The van der Waals surface area contributed by atoms with Crippen LogP contribution < -0.4 is 0 Å². The number of ether oxygens (including phenoxy) is 7. The number of halogens is 1. The van der Waals surface area contributed by atoms with Crippen LogP contribution in [0.25, 0.3) is 0 Å². The highest BCUT2D eigenvalue weighted by atomic mass is 19.1. The summed E-state index contributed by atoms with van der Waals surface area (Å²) in [5.41, 5.74) is -0.632. The first kappa shape index (κ1) is 21.2. The lowest BCUT2D eigenvalue weighted by molar-refractivity contribution is -0.343. The van der Waals surface area contributed by atoms with E-state index in [4.69, 9.17) is 33.2 Å². The molecule has 3 saturated heterocycles. The van der Waals surface area contributed by atoms with E-state index in [0.717, 1.165) is 19.3 Å². The Morgan fingerprint density at radius 1 is 1.16 bits per heavy atom. The van der Waals surface area contributed by atoms with Crippen LogP contribution in [0.15, 0.2) is 0 Å². The Hall–Kier alpha value is -1.33. The second kappa shape index (κ2) is 7.33. The van der Waals surface area contributed by atoms with E-state index in [1.807, 2.05) is 6.92 Å². The van der Waals surface area contributed by atoms with Crippen LogP contribution in [-0.2, 0) is 42.7 Å². The molecule has 0 amide bonds. The Labute approximate surface area is 185 Å². The summed E-state index contributed by atoms with van der Waals surface area (Å²) < 4.78 is 54.3. The van der Waals surface area contributed by atoms with Gasteiger partial charge in [-0.2, -0.15) is 0 Å². The zero-order valence-corrected chi connectivity index (χ0v) is 18.2. The number of carbonyl (C=O) groups is 2. The molecule has 0 aromatic heterocycles. The Kier molecular flexibility index (Phi) is 4.86. The number of carbonyl (C=O) groups excluding carboxylic acids is 2. The molecular formula is C22H29FO9. The van der Waals surface area contributed by atoms with Crippen LogP contribution in [0.1, 0.15) is 46.0 Å². The van der Waals surface area contributed by atoms with Crippen molar-refractivity contribution in [2.24, 2.45) is 17.8 Å². The van der Waals surface area contributed by atoms with E-state index in [1.165, 1.54) is 0 Å². The second-order valence-corrected chi connectivity index (χ2v) is 10.0. The molecule has 0 aromatic carbocycles. The van der Waals surface area contributed by atoms with Gasteiger partial charge in [-0.25, -0.2) is 14.0 Å². The van der Waals surface area contributed by atoms with Crippen molar-refractivity contribution in [3.05, 3.63) is 0 Å². The van der Waals surface area contributed by atoms with Gasteiger partial charge in [0.25, 0.3) is 0 Å².